The van der Waals surface area contributed by atoms with Crippen molar-refractivity contribution in [3.8, 4) is 0 Å². The van der Waals surface area contributed by atoms with Crippen LogP contribution in [0.25, 0.3) is 0 Å². The minimum atomic E-state index is -0.410. The van der Waals surface area contributed by atoms with Crippen LogP contribution in [0.4, 0.5) is 14.9 Å². The van der Waals surface area contributed by atoms with E-state index < -0.39 is 11.8 Å². The van der Waals surface area contributed by atoms with Crippen LogP contribution in [0.1, 0.15) is 6.42 Å². The molecule has 3 amide bonds. The summed E-state index contributed by atoms with van der Waals surface area (Å²) in [5.74, 6) is -0.570. The number of aliphatic hydroxyl groups excluding tert-OH is 1. The predicted octanol–water partition coefficient (Wildman–Crippen LogP) is 0.239. The first kappa shape index (κ1) is 17.2. The molecule has 1 atom stereocenters. The van der Waals surface area contributed by atoms with E-state index in [1.54, 1.807) is 6.07 Å². The average Bonchev–Trinajstić information content (AvgIpc) is 2.87. The first-order valence-corrected chi connectivity index (χ1v) is 7.39. The number of amides is 3. The number of carbonyl (C=O) groups is 2. The highest BCUT2D eigenvalue weighted by Gasteiger charge is 2.31. The quantitative estimate of drug-likeness (QED) is 0.626. The summed E-state index contributed by atoms with van der Waals surface area (Å²) in [5, 5.41) is 13.8. The van der Waals surface area contributed by atoms with E-state index in [1.165, 1.54) is 23.1 Å². The number of hydrogen-bond acceptors (Lipinski definition) is 4. The van der Waals surface area contributed by atoms with Gasteiger partial charge in [0.2, 0.25) is 5.91 Å². The van der Waals surface area contributed by atoms with Crippen molar-refractivity contribution in [2.45, 2.75) is 12.5 Å². The number of nitrogens with one attached hydrogen (secondary N) is 2. The Balaban J connectivity index is 1.77. The minimum Gasteiger partial charge on any atom is -0.394 e. The maximum absolute atomic E-state index is 13.2. The summed E-state index contributed by atoms with van der Waals surface area (Å²) in [5.41, 5.74) is 0.483. The van der Waals surface area contributed by atoms with Crippen molar-refractivity contribution < 1.29 is 23.8 Å². The third kappa shape index (κ3) is 5.19. The standard InChI is InChI=1S/C15H20FN3O4/c16-11-2-1-3-13(8-11)19-10-12(9-14(19)21)18-15(22)17-4-6-23-7-5-20/h1-3,8,12,20H,4-7,9-10H2,(H2,17,18,22). The fraction of sp³-hybridized carbons (Fsp3) is 0.467. The van der Waals surface area contributed by atoms with Crippen LogP contribution < -0.4 is 15.5 Å². The zero-order valence-corrected chi connectivity index (χ0v) is 12.6. The number of nitrogens with zero attached hydrogens (tertiary/aromatic N) is 1. The molecule has 1 aromatic rings. The number of halogens is 1. The molecule has 1 aromatic carbocycles. The molecule has 3 N–H and O–H groups in total. The molecule has 23 heavy (non-hydrogen) atoms. The van der Waals surface area contributed by atoms with Crippen molar-refractivity contribution in [2.75, 3.05) is 37.8 Å². The third-order valence-corrected chi connectivity index (χ3v) is 3.35. The monoisotopic (exact) mass is 325 g/mol. The Bertz CT molecular complexity index is 555. The maximum atomic E-state index is 13.2. The van der Waals surface area contributed by atoms with Crippen molar-refractivity contribution in [3.05, 3.63) is 30.1 Å². The van der Waals surface area contributed by atoms with Gasteiger partial charge in [0.15, 0.2) is 0 Å². The van der Waals surface area contributed by atoms with Crippen molar-refractivity contribution in [1.82, 2.24) is 10.6 Å². The molecule has 1 heterocycles. The molecule has 0 radical (unpaired) electrons. The normalized spacial score (nSPS) is 17.4. The Morgan fingerprint density at radius 2 is 2.26 bits per heavy atom. The molecule has 1 aliphatic rings. The van der Waals surface area contributed by atoms with Crippen molar-refractivity contribution in [1.29, 1.82) is 0 Å². The van der Waals surface area contributed by atoms with Gasteiger partial charge in [-0.1, -0.05) is 6.07 Å². The number of carbonyl (C=O) groups excluding carboxylic acids is 2. The van der Waals surface area contributed by atoms with Crippen LogP contribution in [0.5, 0.6) is 0 Å². The number of anilines is 1. The molecule has 1 saturated heterocycles. The summed E-state index contributed by atoms with van der Waals surface area (Å²) in [4.78, 5) is 25.2. The molecule has 1 unspecified atom stereocenters. The molecule has 0 spiro atoms. The topological polar surface area (TPSA) is 90.9 Å². The smallest absolute Gasteiger partial charge is 0.315 e. The molecule has 1 aliphatic heterocycles. The molecule has 7 nitrogen and oxygen atoms in total. The molecule has 0 aliphatic carbocycles. The van der Waals surface area contributed by atoms with Gasteiger partial charge in [-0.05, 0) is 18.2 Å². The molecule has 1 fully saturated rings. The largest absolute Gasteiger partial charge is 0.394 e. The van der Waals surface area contributed by atoms with Crippen LogP contribution in [-0.2, 0) is 9.53 Å². The first-order valence-electron chi connectivity index (χ1n) is 7.39. The van der Waals surface area contributed by atoms with E-state index in [9.17, 15) is 14.0 Å². The molecule has 2 rings (SSSR count). The lowest BCUT2D eigenvalue weighted by Gasteiger charge is -2.17. The van der Waals surface area contributed by atoms with Gasteiger partial charge in [-0.2, -0.15) is 0 Å². The van der Waals surface area contributed by atoms with Crippen LogP contribution in [0.2, 0.25) is 0 Å². The molecular formula is C15H20FN3O4. The number of aliphatic hydroxyl groups is 1. The highest BCUT2D eigenvalue weighted by molar-refractivity contribution is 5.96. The molecule has 0 aromatic heterocycles. The summed E-state index contributed by atoms with van der Waals surface area (Å²) in [7, 11) is 0. The summed E-state index contributed by atoms with van der Waals surface area (Å²) in [6.45, 7) is 1.07. The number of hydrogen-bond donors (Lipinski definition) is 3. The number of urea groups is 1. The van der Waals surface area contributed by atoms with Crippen LogP contribution in [0, 0.1) is 5.82 Å². The average molecular weight is 325 g/mol. The van der Waals surface area contributed by atoms with Crippen LogP contribution in [-0.4, -0.2) is 56.0 Å². The number of rotatable bonds is 7. The van der Waals surface area contributed by atoms with E-state index in [2.05, 4.69) is 10.6 Å². The van der Waals surface area contributed by atoms with Gasteiger partial charge in [0.1, 0.15) is 5.82 Å². The molecule has 126 valence electrons. The van der Waals surface area contributed by atoms with E-state index >= 15 is 0 Å². The predicted molar refractivity (Wildman–Crippen MR) is 81.6 cm³/mol. The van der Waals surface area contributed by atoms with Gasteiger partial charge in [0.25, 0.3) is 0 Å². The fourth-order valence-corrected chi connectivity index (χ4v) is 2.34. The summed E-state index contributed by atoms with van der Waals surface area (Å²) in [6, 6.07) is 5.07. The van der Waals surface area contributed by atoms with Crippen LogP contribution >= 0.6 is 0 Å². The maximum Gasteiger partial charge on any atom is 0.315 e. The van der Waals surface area contributed by atoms with Crippen molar-refractivity contribution in [3.63, 3.8) is 0 Å². The van der Waals surface area contributed by atoms with Gasteiger partial charge in [0, 0.05) is 25.2 Å². The molecular weight excluding hydrogens is 305 g/mol. The van der Waals surface area contributed by atoms with E-state index in [0.717, 1.165) is 0 Å². The van der Waals surface area contributed by atoms with E-state index in [-0.39, 0.29) is 31.6 Å². The van der Waals surface area contributed by atoms with Gasteiger partial charge in [0.05, 0.1) is 25.9 Å². The summed E-state index contributed by atoms with van der Waals surface area (Å²) >= 11 is 0. The van der Waals surface area contributed by atoms with Crippen molar-refractivity contribution in [2.24, 2.45) is 0 Å². The highest BCUT2D eigenvalue weighted by atomic mass is 19.1. The Kier molecular flexibility index (Phi) is 6.30. The molecule has 0 bridgehead atoms. The van der Waals surface area contributed by atoms with Gasteiger partial charge < -0.3 is 25.4 Å². The minimum absolute atomic E-state index is 0.0632. The van der Waals surface area contributed by atoms with E-state index in [4.69, 9.17) is 9.84 Å². The zero-order valence-electron chi connectivity index (χ0n) is 12.6. The van der Waals surface area contributed by atoms with E-state index in [0.29, 0.717) is 25.4 Å². The third-order valence-electron chi connectivity index (χ3n) is 3.35. The lowest BCUT2D eigenvalue weighted by Crippen LogP contribution is -2.44. The van der Waals surface area contributed by atoms with Gasteiger partial charge in [-0.15, -0.1) is 0 Å². The highest BCUT2D eigenvalue weighted by Crippen LogP contribution is 2.22. The lowest BCUT2D eigenvalue weighted by atomic mass is 10.2. The second kappa shape index (κ2) is 8.44. The zero-order chi connectivity index (χ0) is 16.7. The summed E-state index contributed by atoms with van der Waals surface area (Å²) < 4.78 is 18.3. The van der Waals surface area contributed by atoms with Crippen LogP contribution in [0.15, 0.2) is 24.3 Å². The first-order chi connectivity index (χ1) is 11.1. The molecule has 8 heteroatoms. The lowest BCUT2D eigenvalue weighted by molar-refractivity contribution is -0.117. The molecule has 0 saturated carbocycles. The van der Waals surface area contributed by atoms with Crippen LogP contribution in [0.3, 0.4) is 0 Å². The van der Waals surface area contributed by atoms with E-state index in [1.807, 2.05) is 0 Å². The second-order valence-electron chi connectivity index (χ2n) is 5.12. The van der Waals surface area contributed by atoms with Gasteiger partial charge in [-0.3, -0.25) is 4.79 Å². The Labute approximate surface area is 133 Å². The fourth-order valence-electron chi connectivity index (χ4n) is 2.34. The second-order valence-corrected chi connectivity index (χ2v) is 5.12. The van der Waals surface area contributed by atoms with Gasteiger partial charge in [-0.25, -0.2) is 9.18 Å². The Hall–Kier alpha value is -2.19. The Morgan fingerprint density at radius 3 is 3.00 bits per heavy atom. The number of benzene rings is 1. The summed E-state index contributed by atoms with van der Waals surface area (Å²) in [6.07, 6.45) is 0.172. The SMILES string of the molecule is O=C(NCCOCCO)NC1CC(=O)N(c2cccc(F)c2)C1. The van der Waals surface area contributed by atoms with Gasteiger partial charge >= 0.3 is 6.03 Å². The Morgan fingerprint density at radius 1 is 1.43 bits per heavy atom. The number of ether oxygens (including phenoxy) is 1. The van der Waals surface area contributed by atoms with Crippen molar-refractivity contribution >= 4 is 17.6 Å².